The van der Waals surface area contributed by atoms with Crippen LogP contribution in [0.2, 0.25) is 10.0 Å². The summed E-state index contributed by atoms with van der Waals surface area (Å²) in [5, 5.41) is 5.89. The molecule has 2 N–H and O–H groups in total. The second-order valence-electron chi connectivity index (χ2n) is 8.61. The standard InChI is InChI=1S/C23H29Cl2N3O6/c1-4-33-23-15(11-17(29)34-23)26-20(30)16-9-6-10-28(16)22(32)19(12(2)3)27-21(31)18-13(24)7-5-8-14(18)25/h5,7-8,12,15-16,19,23H,4,6,9-11H2,1-3H3,(H,26,30)(H,27,31)/t15-,16-,19-,23+/m0/s1. The van der Waals surface area contributed by atoms with Crippen LogP contribution in [0.25, 0.3) is 0 Å². The number of amides is 3. The van der Waals surface area contributed by atoms with Crippen LogP contribution in [0.4, 0.5) is 0 Å². The zero-order chi connectivity index (χ0) is 25.0. The third-order valence-electron chi connectivity index (χ3n) is 5.87. The number of rotatable bonds is 8. The van der Waals surface area contributed by atoms with Gasteiger partial charge >= 0.3 is 5.97 Å². The van der Waals surface area contributed by atoms with Gasteiger partial charge in [-0.1, -0.05) is 43.1 Å². The summed E-state index contributed by atoms with van der Waals surface area (Å²) < 4.78 is 10.5. The van der Waals surface area contributed by atoms with Gasteiger partial charge in [-0.2, -0.15) is 0 Å². The number of nitrogens with one attached hydrogen (secondary N) is 2. The number of hydrogen-bond donors (Lipinski definition) is 2. The first-order valence-corrected chi connectivity index (χ1v) is 12.1. The highest BCUT2D eigenvalue weighted by Crippen LogP contribution is 2.26. The summed E-state index contributed by atoms with van der Waals surface area (Å²) in [4.78, 5) is 52.6. The summed E-state index contributed by atoms with van der Waals surface area (Å²) in [6.07, 6.45) is 0.247. The van der Waals surface area contributed by atoms with Crippen LogP contribution < -0.4 is 10.6 Å². The quantitative estimate of drug-likeness (QED) is 0.516. The van der Waals surface area contributed by atoms with E-state index in [1.807, 2.05) is 0 Å². The van der Waals surface area contributed by atoms with Crippen molar-refractivity contribution in [1.82, 2.24) is 15.5 Å². The molecule has 1 aromatic rings. The van der Waals surface area contributed by atoms with E-state index >= 15 is 0 Å². The molecular formula is C23H29Cl2N3O6. The fraction of sp³-hybridized carbons (Fsp3) is 0.565. The van der Waals surface area contributed by atoms with Crippen molar-refractivity contribution in [2.24, 2.45) is 5.92 Å². The Kier molecular flexibility index (Phi) is 8.78. The summed E-state index contributed by atoms with van der Waals surface area (Å²) in [7, 11) is 0. The van der Waals surface area contributed by atoms with E-state index in [1.165, 1.54) is 4.90 Å². The number of benzene rings is 1. The molecule has 186 valence electrons. The Hall–Kier alpha value is -2.36. The Morgan fingerprint density at radius 2 is 1.91 bits per heavy atom. The zero-order valence-corrected chi connectivity index (χ0v) is 20.8. The van der Waals surface area contributed by atoms with E-state index in [0.717, 1.165) is 0 Å². The molecule has 1 aromatic carbocycles. The van der Waals surface area contributed by atoms with Gasteiger partial charge in [0, 0.05) is 13.2 Å². The minimum absolute atomic E-state index is 0.000341. The maximum absolute atomic E-state index is 13.5. The maximum Gasteiger partial charge on any atom is 0.310 e. The minimum Gasteiger partial charge on any atom is -0.433 e. The van der Waals surface area contributed by atoms with Crippen LogP contribution in [0.15, 0.2) is 18.2 Å². The summed E-state index contributed by atoms with van der Waals surface area (Å²) in [5.74, 6) is -2.04. The van der Waals surface area contributed by atoms with Gasteiger partial charge in [0.25, 0.3) is 5.91 Å². The zero-order valence-electron chi connectivity index (χ0n) is 19.3. The fourth-order valence-electron chi connectivity index (χ4n) is 4.17. The molecule has 2 saturated heterocycles. The molecule has 34 heavy (non-hydrogen) atoms. The summed E-state index contributed by atoms with van der Waals surface area (Å²) in [6, 6.07) is 2.47. The van der Waals surface area contributed by atoms with Crippen LogP contribution in [0.5, 0.6) is 0 Å². The molecule has 0 unspecified atom stereocenters. The van der Waals surface area contributed by atoms with E-state index in [2.05, 4.69) is 10.6 Å². The van der Waals surface area contributed by atoms with Crippen molar-refractivity contribution in [3.63, 3.8) is 0 Å². The first-order chi connectivity index (χ1) is 16.1. The lowest BCUT2D eigenvalue weighted by Crippen LogP contribution is -2.56. The van der Waals surface area contributed by atoms with Crippen LogP contribution in [0.1, 0.15) is 50.4 Å². The summed E-state index contributed by atoms with van der Waals surface area (Å²) in [6.45, 7) is 6.06. The topological polar surface area (TPSA) is 114 Å². The van der Waals surface area contributed by atoms with Crippen molar-refractivity contribution in [1.29, 1.82) is 0 Å². The number of cyclic esters (lactones) is 1. The largest absolute Gasteiger partial charge is 0.433 e. The monoisotopic (exact) mass is 513 g/mol. The number of ether oxygens (including phenoxy) is 2. The van der Waals surface area contributed by atoms with E-state index in [0.29, 0.717) is 26.0 Å². The Morgan fingerprint density at radius 1 is 1.24 bits per heavy atom. The molecule has 2 fully saturated rings. The van der Waals surface area contributed by atoms with Crippen molar-refractivity contribution in [2.75, 3.05) is 13.2 Å². The number of hydrogen-bond acceptors (Lipinski definition) is 6. The van der Waals surface area contributed by atoms with Gasteiger partial charge in [0.2, 0.25) is 18.1 Å². The molecule has 0 radical (unpaired) electrons. The van der Waals surface area contributed by atoms with Gasteiger partial charge in [0.15, 0.2) is 0 Å². The highest BCUT2D eigenvalue weighted by Gasteiger charge is 2.42. The molecule has 3 amide bonds. The Balaban J connectivity index is 1.72. The molecule has 3 rings (SSSR count). The molecule has 0 saturated carbocycles. The first-order valence-electron chi connectivity index (χ1n) is 11.3. The van der Waals surface area contributed by atoms with Gasteiger partial charge in [0.05, 0.1) is 22.0 Å². The molecule has 0 aliphatic carbocycles. The SMILES string of the molecule is CCO[C@@H]1OC(=O)C[C@@H]1NC(=O)[C@@H]1CCCN1C(=O)[C@@H](NC(=O)c1c(Cl)cccc1Cl)C(C)C. The predicted molar refractivity (Wildman–Crippen MR) is 125 cm³/mol. The second kappa shape index (κ2) is 11.4. The lowest BCUT2D eigenvalue weighted by Gasteiger charge is -2.31. The normalized spacial score (nSPS) is 23.1. The van der Waals surface area contributed by atoms with Gasteiger partial charge in [-0.05, 0) is 37.8 Å². The number of halogens is 2. The minimum atomic E-state index is -0.888. The number of likely N-dealkylation sites (tertiary alicyclic amines) is 1. The third kappa shape index (κ3) is 5.82. The first kappa shape index (κ1) is 26.2. The molecule has 0 bridgehead atoms. The molecule has 2 heterocycles. The molecule has 9 nitrogen and oxygen atoms in total. The Labute approximate surface area is 208 Å². The Bertz CT molecular complexity index is 936. The smallest absolute Gasteiger partial charge is 0.310 e. The van der Waals surface area contributed by atoms with Crippen LogP contribution in [-0.2, 0) is 23.9 Å². The van der Waals surface area contributed by atoms with Crippen molar-refractivity contribution in [2.45, 2.75) is 64.4 Å². The maximum atomic E-state index is 13.5. The van der Waals surface area contributed by atoms with Crippen LogP contribution in [0, 0.1) is 5.92 Å². The lowest BCUT2D eigenvalue weighted by atomic mass is 10.0. The van der Waals surface area contributed by atoms with Gasteiger partial charge < -0.3 is 25.0 Å². The molecule has 2 aliphatic rings. The number of carbonyl (C=O) groups is 4. The number of esters is 1. The summed E-state index contributed by atoms with van der Waals surface area (Å²) >= 11 is 12.3. The van der Waals surface area contributed by atoms with E-state index < -0.39 is 36.3 Å². The molecule has 2 aliphatic heterocycles. The predicted octanol–water partition coefficient (Wildman–Crippen LogP) is 2.53. The van der Waals surface area contributed by atoms with Gasteiger partial charge in [-0.15, -0.1) is 0 Å². The molecule has 0 spiro atoms. The molecule has 11 heteroatoms. The van der Waals surface area contributed by atoms with Crippen molar-refractivity contribution in [3.8, 4) is 0 Å². The van der Waals surface area contributed by atoms with Crippen molar-refractivity contribution in [3.05, 3.63) is 33.8 Å². The highest BCUT2D eigenvalue weighted by atomic mass is 35.5. The molecule has 4 atom stereocenters. The lowest BCUT2D eigenvalue weighted by molar-refractivity contribution is -0.164. The van der Waals surface area contributed by atoms with Crippen molar-refractivity contribution < 1.29 is 28.7 Å². The van der Waals surface area contributed by atoms with Crippen LogP contribution in [-0.4, -0.2) is 66.2 Å². The van der Waals surface area contributed by atoms with E-state index in [9.17, 15) is 19.2 Å². The molecular weight excluding hydrogens is 485 g/mol. The second-order valence-corrected chi connectivity index (χ2v) is 9.43. The average molecular weight is 514 g/mol. The number of nitrogens with zero attached hydrogens (tertiary/aromatic N) is 1. The van der Waals surface area contributed by atoms with E-state index in [1.54, 1.807) is 39.0 Å². The van der Waals surface area contributed by atoms with E-state index in [4.69, 9.17) is 32.7 Å². The van der Waals surface area contributed by atoms with E-state index in [-0.39, 0.29) is 39.8 Å². The number of carbonyl (C=O) groups excluding carboxylic acids is 4. The summed E-state index contributed by atoms with van der Waals surface area (Å²) in [5.41, 5.74) is 0.0906. The van der Waals surface area contributed by atoms with Crippen LogP contribution in [0.3, 0.4) is 0 Å². The average Bonchev–Trinajstić information content (AvgIpc) is 3.38. The van der Waals surface area contributed by atoms with Crippen molar-refractivity contribution >= 4 is 46.9 Å². The fourth-order valence-corrected chi connectivity index (χ4v) is 4.74. The Morgan fingerprint density at radius 3 is 2.53 bits per heavy atom. The highest BCUT2D eigenvalue weighted by molar-refractivity contribution is 6.39. The van der Waals surface area contributed by atoms with Gasteiger partial charge in [-0.25, -0.2) is 0 Å². The molecule has 0 aromatic heterocycles. The third-order valence-corrected chi connectivity index (χ3v) is 6.50. The van der Waals surface area contributed by atoms with Crippen LogP contribution >= 0.6 is 23.2 Å². The van der Waals surface area contributed by atoms with Gasteiger partial charge in [0.1, 0.15) is 18.1 Å². The van der Waals surface area contributed by atoms with Gasteiger partial charge in [-0.3, -0.25) is 19.2 Å².